The lowest BCUT2D eigenvalue weighted by molar-refractivity contribution is -0.0435. The minimum absolute atomic E-state index is 0.0174. The van der Waals surface area contributed by atoms with E-state index in [0.717, 1.165) is 19.3 Å². The summed E-state index contributed by atoms with van der Waals surface area (Å²) in [5.41, 5.74) is -0.506. The molecule has 4 heteroatoms. The molecule has 1 rings (SSSR count). The van der Waals surface area contributed by atoms with Gasteiger partial charge in [-0.2, -0.15) is 0 Å². The smallest absolute Gasteiger partial charge is 0.411 e. The van der Waals surface area contributed by atoms with Gasteiger partial charge in [-0.1, -0.05) is 56.2 Å². The Kier molecular flexibility index (Phi) is 9.71. The zero-order valence-electron chi connectivity index (χ0n) is 17.4. The quantitative estimate of drug-likeness (QED) is 0.433. The van der Waals surface area contributed by atoms with E-state index in [-0.39, 0.29) is 24.3 Å². The number of hydrogen-bond donors (Lipinski definition) is 0. The Morgan fingerprint density at radius 2 is 1.85 bits per heavy atom. The van der Waals surface area contributed by atoms with Crippen molar-refractivity contribution >= 4 is 6.09 Å². The molecule has 0 spiro atoms. The third-order valence-electron chi connectivity index (χ3n) is 4.52. The first-order valence-corrected chi connectivity index (χ1v) is 9.84. The molecule has 0 saturated carbocycles. The third-order valence-corrected chi connectivity index (χ3v) is 4.52. The first kappa shape index (κ1) is 22.5. The monoisotopic (exact) mass is 363 g/mol. The van der Waals surface area contributed by atoms with Crippen molar-refractivity contribution in [3.8, 4) is 0 Å². The average Bonchev–Trinajstić information content (AvgIpc) is 2.55. The molecule has 26 heavy (non-hydrogen) atoms. The van der Waals surface area contributed by atoms with Gasteiger partial charge < -0.3 is 9.47 Å². The Labute approximate surface area is 159 Å². The number of rotatable bonds is 7. The van der Waals surface area contributed by atoms with Crippen molar-refractivity contribution in [3.05, 3.63) is 36.5 Å². The second kappa shape index (κ2) is 11.2. The predicted octanol–water partition coefficient (Wildman–Crippen LogP) is 5.65. The molecule has 1 unspecified atom stereocenters. The SMILES string of the molecule is CCCC/C=C/C=C/C=C/C1CC[C@@H](OC)[C@@H](C)N1C(=O)OC(C)(C)C. The molecule has 0 aromatic rings. The van der Waals surface area contributed by atoms with E-state index < -0.39 is 5.60 Å². The average molecular weight is 364 g/mol. The molecule has 0 radical (unpaired) electrons. The fraction of sp³-hybridized carbons (Fsp3) is 0.682. The molecule has 1 aliphatic rings. The maximum atomic E-state index is 12.7. The number of carbonyl (C=O) groups is 1. The Balaban J connectivity index is 2.76. The normalized spacial score (nSPS) is 24.8. The number of nitrogens with zero attached hydrogens (tertiary/aromatic N) is 1. The molecule has 0 bridgehead atoms. The van der Waals surface area contributed by atoms with Crippen molar-refractivity contribution in [2.24, 2.45) is 0 Å². The van der Waals surface area contributed by atoms with Crippen molar-refractivity contribution in [1.29, 1.82) is 0 Å². The highest BCUT2D eigenvalue weighted by molar-refractivity contribution is 5.69. The standard InChI is InChI=1S/C22H37NO3/c1-7-8-9-10-11-12-13-14-15-19-16-17-20(25-6)18(2)23(19)21(24)26-22(3,4)5/h10-15,18-20H,7-9,16-17H2,1-6H3/b11-10+,13-12+,15-14+/t18-,19?,20-/m1/s1. The molecule has 1 fully saturated rings. The van der Waals surface area contributed by atoms with Gasteiger partial charge in [0.15, 0.2) is 0 Å². The molecule has 1 heterocycles. The van der Waals surface area contributed by atoms with E-state index in [9.17, 15) is 4.79 Å². The van der Waals surface area contributed by atoms with Crippen LogP contribution in [-0.4, -0.2) is 41.9 Å². The van der Waals surface area contributed by atoms with Crippen LogP contribution in [0.4, 0.5) is 4.79 Å². The lowest BCUT2D eigenvalue weighted by atomic mass is 9.94. The lowest BCUT2D eigenvalue weighted by Gasteiger charge is -2.43. The summed E-state index contributed by atoms with van der Waals surface area (Å²) in [5, 5.41) is 0. The summed E-state index contributed by atoms with van der Waals surface area (Å²) in [5.74, 6) is 0. The number of unbranched alkanes of at least 4 members (excludes halogenated alkanes) is 2. The minimum Gasteiger partial charge on any atom is -0.444 e. The molecule has 0 aromatic carbocycles. The topological polar surface area (TPSA) is 38.8 Å². The van der Waals surface area contributed by atoms with Crippen LogP contribution in [-0.2, 0) is 9.47 Å². The summed E-state index contributed by atoms with van der Waals surface area (Å²) >= 11 is 0. The summed E-state index contributed by atoms with van der Waals surface area (Å²) < 4.78 is 11.2. The first-order chi connectivity index (χ1) is 12.3. The number of likely N-dealkylation sites (tertiary alicyclic amines) is 1. The Bertz CT molecular complexity index is 502. The van der Waals surface area contributed by atoms with E-state index in [0.29, 0.717) is 0 Å². The van der Waals surface area contributed by atoms with Crippen LogP contribution in [0.3, 0.4) is 0 Å². The summed E-state index contributed by atoms with van der Waals surface area (Å²) in [6.45, 7) is 9.91. The van der Waals surface area contributed by atoms with E-state index in [1.54, 1.807) is 7.11 Å². The van der Waals surface area contributed by atoms with Crippen LogP contribution >= 0.6 is 0 Å². The number of allylic oxidation sites excluding steroid dienone is 5. The van der Waals surface area contributed by atoms with Crippen molar-refractivity contribution in [1.82, 2.24) is 4.90 Å². The summed E-state index contributed by atoms with van der Waals surface area (Å²) in [6.07, 6.45) is 17.6. The van der Waals surface area contributed by atoms with Gasteiger partial charge in [0.25, 0.3) is 0 Å². The van der Waals surface area contributed by atoms with Gasteiger partial charge >= 0.3 is 6.09 Å². The van der Waals surface area contributed by atoms with Crippen LogP contribution in [0.25, 0.3) is 0 Å². The highest BCUT2D eigenvalue weighted by Crippen LogP contribution is 2.28. The van der Waals surface area contributed by atoms with Gasteiger partial charge in [-0.05, 0) is 47.0 Å². The van der Waals surface area contributed by atoms with E-state index in [4.69, 9.17) is 9.47 Å². The number of hydrogen-bond acceptors (Lipinski definition) is 3. The van der Waals surface area contributed by atoms with Crippen molar-refractivity contribution < 1.29 is 14.3 Å². The highest BCUT2D eigenvalue weighted by Gasteiger charge is 2.38. The Hall–Kier alpha value is -1.55. The van der Waals surface area contributed by atoms with Gasteiger partial charge in [-0.15, -0.1) is 0 Å². The summed E-state index contributed by atoms with van der Waals surface area (Å²) in [4.78, 5) is 14.5. The number of ether oxygens (including phenoxy) is 2. The van der Waals surface area contributed by atoms with Gasteiger partial charge in [0.1, 0.15) is 5.60 Å². The van der Waals surface area contributed by atoms with Crippen LogP contribution in [0, 0.1) is 0 Å². The van der Waals surface area contributed by atoms with Crippen LogP contribution in [0.1, 0.15) is 66.7 Å². The fourth-order valence-corrected chi connectivity index (χ4v) is 3.13. The molecule has 3 atom stereocenters. The largest absolute Gasteiger partial charge is 0.444 e. The van der Waals surface area contributed by atoms with Gasteiger partial charge in [0, 0.05) is 7.11 Å². The molecule has 1 amide bonds. The first-order valence-electron chi connectivity index (χ1n) is 9.84. The maximum Gasteiger partial charge on any atom is 0.411 e. The number of carbonyl (C=O) groups excluding carboxylic acids is 1. The molecule has 0 N–H and O–H groups in total. The van der Waals surface area contributed by atoms with Crippen molar-refractivity contribution in [2.75, 3.05) is 7.11 Å². The van der Waals surface area contributed by atoms with Gasteiger partial charge in [0.2, 0.25) is 0 Å². The van der Waals surface area contributed by atoms with E-state index in [2.05, 4.69) is 25.2 Å². The predicted molar refractivity (Wildman–Crippen MR) is 108 cm³/mol. The lowest BCUT2D eigenvalue weighted by Crippen LogP contribution is -2.55. The number of methoxy groups -OCH3 is 1. The highest BCUT2D eigenvalue weighted by atomic mass is 16.6. The van der Waals surface area contributed by atoms with Gasteiger partial charge in [-0.3, -0.25) is 4.90 Å². The van der Waals surface area contributed by atoms with Gasteiger partial charge in [-0.25, -0.2) is 4.79 Å². The molecular weight excluding hydrogens is 326 g/mol. The van der Waals surface area contributed by atoms with Crippen LogP contribution < -0.4 is 0 Å². The van der Waals surface area contributed by atoms with Crippen LogP contribution in [0.5, 0.6) is 0 Å². The van der Waals surface area contributed by atoms with E-state index >= 15 is 0 Å². The second-order valence-corrected chi connectivity index (χ2v) is 7.89. The summed E-state index contributed by atoms with van der Waals surface area (Å²) in [6, 6.07) is 0.0103. The molecule has 0 aromatic heterocycles. The van der Waals surface area contributed by atoms with Crippen molar-refractivity contribution in [2.45, 2.75) is 90.5 Å². The van der Waals surface area contributed by atoms with E-state index in [1.807, 2.05) is 50.8 Å². The maximum absolute atomic E-state index is 12.7. The Morgan fingerprint density at radius 3 is 2.46 bits per heavy atom. The van der Waals surface area contributed by atoms with Crippen LogP contribution in [0.2, 0.25) is 0 Å². The fourth-order valence-electron chi connectivity index (χ4n) is 3.13. The molecule has 0 aliphatic carbocycles. The second-order valence-electron chi connectivity index (χ2n) is 7.89. The number of amides is 1. The number of piperidine rings is 1. The van der Waals surface area contributed by atoms with Crippen LogP contribution in [0.15, 0.2) is 36.5 Å². The van der Waals surface area contributed by atoms with E-state index in [1.165, 1.54) is 12.8 Å². The Morgan fingerprint density at radius 1 is 1.15 bits per heavy atom. The summed E-state index contributed by atoms with van der Waals surface area (Å²) in [7, 11) is 1.71. The van der Waals surface area contributed by atoms with Crippen molar-refractivity contribution in [3.63, 3.8) is 0 Å². The third kappa shape index (κ3) is 7.77. The molecule has 1 saturated heterocycles. The zero-order chi connectivity index (χ0) is 19.6. The molecule has 4 nitrogen and oxygen atoms in total. The minimum atomic E-state index is -0.506. The molecular formula is C22H37NO3. The molecule has 148 valence electrons. The zero-order valence-corrected chi connectivity index (χ0v) is 17.4. The van der Waals surface area contributed by atoms with Gasteiger partial charge in [0.05, 0.1) is 18.2 Å². The molecule has 1 aliphatic heterocycles.